The van der Waals surface area contributed by atoms with Gasteiger partial charge in [0.25, 0.3) is 0 Å². The Bertz CT molecular complexity index is 426. The predicted octanol–water partition coefficient (Wildman–Crippen LogP) is 0.884. The minimum absolute atomic E-state index is 0.0371. The smallest absolute Gasteiger partial charge is 0.306 e. The third-order valence-electron chi connectivity index (χ3n) is 2.52. The Labute approximate surface area is 106 Å². The van der Waals surface area contributed by atoms with Crippen LogP contribution in [0.15, 0.2) is 6.20 Å². The Balaban J connectivity index is 2.49. The van der Waals surface area contributed by atoms with Crippen molar-refractivity contribution in [2.75, 3.05) is 13.7 Å². The summed E-state index contributed by atoms with van der Waals surface area (Å²) in [4.78, 5) is 22.9. The molecule has 0 spiro atoms. The molecular formula is C12H18N2O4. The first-order valence-electron chi connectivity index (χ1n) is 5.80. The summed E-state index contributed by atoms with van der Waals surface area (Å²) in [5.74, 6) is 0.203. The van der Waals surface area contributed by atoms with Gasteiger partial charge in [-0.1, -0.05) is 0 Å². The van der Waals surface area contributed by atoms with E-state index in [1.807, 2.05) is 0 Å². The van der Waals surface area contributed by atoms with Gasteiger partial charge in [0.05, 0.1) is 38.4 Å². The zero-order chi connectivity index (χ0) is 13.5. The lowest BCUT2D eigenvalue weighted by atomic mass is 10.1. The second kappa shape index (κ2) is 6.78. The van der Waals surface area contributed by atoms with Crippen molar-refractivity contribution in [3.05, 3.63) is 11.9 Å². The lowest BCUT2D eigenvalue weighted by molar-refractivity contribution is -0.144. The van der Waals surface area contributed by atoms with Crippen LogP contribution in [0.1, 0.15) is 25.5 Å². The number of methoxy groups -OCH3 is 1. The van der Waals surface area contributed by atoms with E-state index in [4.69, 9.17) is 9.47 Å². The molecule has 0 aliphatic heterocycles. The number of nitrogens with zero attached hydrogens (tertiary/aromatic N) is 2. The summed E-state index contributed by atoms with van der Waals surface area (Å²) >= 11 is 0. The predicted molar refractivity (Wildman–Crippen MR) is 64.3 cm³/mol. The van der Waals surface area contributed by atoms with E-state index in [2.05, 4.69) is 5.10 Å². The second-order valence-electron chi connectivity index (χ2n) is 3.80. The fourth-order valence-corrected chi connectivity index (χ4v) is 1.56. The third-order valence-corrected chi connectivity index (χ3v) is 2.52. The molecule has 0 aromatic carbocycles. The highest BCUT2D eigenvalue weighted by molar-refractivity contribution is 5.84. The minimum atomic E-state index is -0.345. The van der Waals surface area contributed by atoms with E-state index in [1.54, 1.807) is 24.9 Å². The van der Waals surface area contributed by atoms with Crippen molar-refractivity contribution in [3.8, 4) is 5.75 Å². The molecule has 1 aromatic rings. The molecule has 0 aliphatic rings. The highest BCUT2D eigenvalue weighted by Crippen LogP contribution is 2.17. The molecule has 0 fully saturated rings. The van der Waals surface area contributed by atoms with Crippen molar-refractivity contribution in [1.29, 1.82) is 0 Å². The van der Waals surface area contributed by atoms with Crippen LogP contribution in [-0.2, 0) is 27.8 Å². The average Bonchev–Trinajstić information content (AvgIpc) is 2.68. The van der Waals surface area contributed by atoms with Gasteiger partial charge in [-0.2, -0.15) is 5.10 Å². The highest BCUT2D eigenvalue weighted by atomic mass is 16.5. The number of esters is 1. The molecule has 0 aliphatic carbocycles. The van der Waals surface area contributed by atoms with E-state index < -0.39 is 0 Å². The summed E-state index contributed by atoms with van der Waals surface area (Å²) in [6, 6.07) is 0. The van der Waals surface area contributed by atoms with Crippen LogP contribution >= 0.6 is 0 Å². The van der Waals surface area contributed by atoms with Gasteiger partial charge < -0.3 is 9.47 Å². The molecule has 1 rings (SSSR count). The van der Waals surface area contributed by atoms with Crippen molar-refractivity contribution in [1.82, 2.24) is 9.78 Å². The van der Waals surface area contributed by atoms with E-state index in [0.29, 0.717) is 18.1 Å². The first-order chi connectivity index (χ1) is 8.58. The zero-order valence-corrected chi connectivity index (χ0v) is 10.9. The van der Waals surface area contributed by atoms with E-state index in [-0.39, 0.29) is 31.0 Å². The fraction of sp³-hybridized carbons (Fsp3) is 0.583. The maximum Gasteiger partial charge on any atom is 0.306 e. The number of Topliss-reactive ketones (excluding diaryl/α,β-unsaturated/α-hetero) is 1. The molecule has 0 N–H and O–H groups in total. The summed E-state index contributed by atoms with van der Waals surface area (Å²) < 4.78 is 11.5. The number of carbonyl (C=O) groups is 2. The van der Waals surface area contributed by atoms with Gasteiger partial charge in [-0.25, -0.2) is 0 Å². The van der Waals surface area contributed by atoms with Gasteiger partial charge in [-0.05, 0) is 6.92 Å². The summed E-state index contributed by atoms with van der Waals surface area (Å²) in [6.07, 6.45) is 2.06. The van der Waals surface area contributed by atoms with Gasteiger partial charge in [0.1, 0.15) is 5.78 Å². The summed E-state index contributed by atoms with van der Waals surface area (Å²) in [7, 11) is 3.28. The Morgan fingerprint density at radius 2 is 2.11 bits per heavy atom. The fourth-order valence-electron chi connectivity index (χ4n) is 1.56. The molecule has 6 nitrogen and oxygen atoms in total. The van der Waals surface area contributed by atoms with Crippen LogP contribution < -0.4 is 4.74 Å². The normalized spacial score (nSPS) is 10.2. The van der Waals surface area contributed by atoms with Crippen molar-refractivity contribution in [3.63, 3.8) is 0 Å². The summed E-state index contributed by atoms with van der Waals surface area (Å²) in [5, 5.41) is 4.01. The van der Waals surface area contributed by atoms with Crippen molar-refractivity contribution in [2.24, 2.45) is 7.05 Å². The lowest BCUT2D eigenvalue weighted by Crippen LogP contribution is -2.11. The number of ketones is 1. The molecule has 18 heavy (non-hydrogen) atoms. The van der Waals surface area contributed by atoms with Crippen LogP contribution in [0.4, 0.5) is 0 Å². The highest BCUT2D eigenvalue weighted by Gasteiger charge is 2.14. The van der Waals surface area contributed by atoms with Gasteiger partial charge in [-0.3, -0.25) is 14.3 Å². The zero-order valence-electron chi connectivity index (χ0n) is 10.9. The molecule has 0 radical (unpaired) electrons. The Morgan fingerprint density at radius 1 is 1.39 bits per heavy atom. The molecule has 0 atom stereocenters. The molecule has 0 saturated heterocycles. The average molecular weight is 254 g/mol. The Hall–Kier alpha value is -1.85. The number of carbonyl (C=O) groups excluding carboxylic acids is 2. The van der Waals surface area contributed by atoms with Gasteiger partial charge in [0.15, 0.2) is 5.75 Å². The molecular weight excluding hydrogens is 236 g/mol. The number of hydrogen-bond acceptors (Lipinski definition) is 5. The maximum atomic E-state index is 11.7. The number of aryl methyl sites for hydroxylation is 1. The van der Waals surface area contributed by atoms with Crippen LogP contribution in [0.25, 0.3) is 0 Å². The first-order valence-corrected chi connectivity index (χ1v) is 5.80. The molecule has 1 aromatic heterocycles. The summed E-state index contributed by atoms with van der Waals surface area (Å²) in [6.45, 7) is 2.07. The molecule has 6 heteroatoms. The number of hydrogen-bond donors (Lipinski definition) is 0. The summed E-state index contributed by atoms with van der Waals surface area (Å²) in [5.41, 5.74) is 0.714. The topological polar surface area (TPSA) is 70.4 Å². The minimum Gasteiger partial charge on any atom is -0.493 e. The molecule has 0 bridgehead atoms. The molecule has 0 amide bonds. The third kappa shape index (κ3) is 3.87. The first kappa shape index (κ1) is 14.2. The molecule has 0 saturated carbocycles. The van der Waals surface area contributed by atoms with E-state index in [9.17, 15) is 9.59 Å². The Kier molecular flexibility index (Phi) is 5.35. The SMILES string of the molecule is CCOC(=O)CCC(=O)Cc1c(OC)cnn1C. The van der Waals surface area contributed by atoms with E-state index in [1.165, 1.54) is 7.11 Å². The van der Waals surface area contributed by atoms with Gasteiger partial charge in [0, 0.05) is 13.5 Å². The van der Waals surface area contributed by atoms with Crippen molar-refractivity contribution < 1.29 is 19.1 Å². The number of ether oxygens (including phenoxy) is 2. The number of rotatable bonds is 7. The van der Waals surface area contributed by atoms with Crippen molar-refractivity contribution in [2.45, 2.75) is 26.2 Å². The molecule has 0 unspecified atom stereocenters. The van der Waals surface area contributed by atoms with E-state index in [0.717, 1.165) is 0 Å². The van der Waals surface area contributed by atoms with Crippen LogP contribution in [0.5, 0.6) is 5.75 Å². The van der Waals surface area contributed by atoms with Gasteiger partial charge >= 0.3 is 5.97 Å². The second-order valence-corrected chi connectivity index (χ2v) is 3.80. The standard InChI is InChI=1S/C12H18N2O4/c1-4-18-12(16)6-5-9(15)7-10-11(17-3)8-13-14(10)2/h8H,4-7H2,1-3H3. The van der Waals surface area contributed by atoms with Crippen LogP contribution in [0.3, 0.4) is 0 Å². The largest absolute Gasteiger partial charge is 0.493 e. The molecule has 1 heterocycles. The lowest BCUT2D eigenvalue weighted by Gasteiger charge is -2.05. The van der Waals surface area contributed by atoms with Crippen LogP contribution in [0.2, 0.25) is 0 Å². The quantitative estimate of drug-likeness (QED) is 0.676. The van der Waals surface area contributed by atoms with Crippen molar-refractivity contribution >= 4 is 11.8 Å². The van der Waals surface area contributed by atoms with Crippen LogP contribution in [-0.4, -0.2) is 35.2 Å². The van der Waals surface area contributed by atoms with Gasteiger partial charge in [0.2, 0.25) is 0 Å². The van der Waals surface area contributed by atoms with E-state index >= 15 is 0 Å². The monoisotopic (exact) mass is 254 g/mol. The van der Waals surface area contributed by atoms with Crippen LogP contribution in [0, 0.1) is 0 Å². The number of aromatic nitrogens is 2. The van der Waals surface area contributed by atoms with Gasteiger partial charge in [-0.15, -0.1) is 0 Å². The Morgan fingerprint density at radius 3 is 2.72 bits per heavy atom. The molecule has 100 valence electrons. The maximum absolute atomic E-state index is 11.7.